The molecular weight excluding hydrogens is 292 g/mol. The lowest BCUT2D eigenvalue weighted by atomic mass is 10.0. The molecule has 1 unspecified atom stereocenters. The summed E-state index contributed by atoms with van der Waals surface area (Å²) in [4.78, 5) is 8.86. The number of anilines is 1. The molecule has 1 aliphatic heterocycles. The number of rotatable bonds is 3. The van der Waals surface area contributed by atoms with Crippen LogP contribution >= 0.6 is 11.3 Å². The summed E-state index contributed by atoms with van der Waals surface area (Å²) >= 11 is 1.91. The third kappa shape index (κ3) is 3.03. The highest BCUT2D eigenvalue weighted by atomic mass is 32.1. The van der Waals surface area contributed by atoms with Crippen LogP contribution in [0.2, 0.25) is 0 Å². The van der Waals surface area contributed by atoms with Gasteiger partial charge in [-0.3, -0.25) is 0 Å². The fraction of sp³-hybridized carbons (Fsp3) is 0.500. The van der Waals surface area contributed by atoms with Crippen molar-refractivity contribution in [1.82, 2.24) is 4.98 Å². The van der Waals surface area contributed by atoms with E-state index in [1.54, 1.807) is 0 Å². The number of nitrogens with zero attached hydrogens (tertiary/aromatic N) is 2. The van der Waals surface area contributed by atoms with Crippen LogP contribution in [0.1, 0.15) is 29.0 Å². The van der Waals surface area contributed by atoms with Crippen molar-refractivity contribution in [3.05, 3.63) is 46.5 Å². The molecule has 0 spiro atoms. The molecule has 0 radical (unpaired) electrons. The predicted molar refractivity (Wildman–Crippen MR) is 90.9 cm³/mol. The van der Waals surface area contributed by atoms with Gasteiger partial charge in [-0.1, -0.05) is 30.3 Å². The second-order valence-corrected chi connectivity index (χ2v) is 7.26. The molecule has 1 atom stereocenters. The average molecular weight is 314 g/mol. The van der Waals surface area contributed by atoms with Crippen molar-refractivity contribution in [3.8, 4) is 0 Å². The molecule has 0 amide bonds. The Morgan fingerprint density at radius 1 is 1.18 bits per heavy atom. The number of hydrogen-bond donors (Lipinski definition) is 0. The Morgan fingerprint density at radius 2 is 2.05 bits per heavy atom. The number of thiazole rings is 1. The molecule has 1 fully saturated rings. The van der Waals surface area contributed by atoms with E-state index in [-0.39, 0.29) is 6.10 Å². The maximum Gasteiger partial charge on any atom is 0.185 e. The van der Waals surface area contributed by atoms with E-state index in [1.165, 1.54) is 46.9 Å². The van der Waals surface area contributed by atoms with E-state index in [9.17, 15) is 0 Å². The van der Waals surface area contributed by atoms with Crippen LogP contribution in [0.15, 0.2) is 30.3 Å². The van der Waals surface area contributed by atoms with Crippen molar-refractivity contribution in [2.24, 2.45) is 0 Å². The molecule has 0 saturated carbocycles. The zero-order valence-corrected chi connectivity index (χ0v) is 13.6. The van der Waals surface area contributed by atoms with E-state index >= 15 is 0 Å². The van der Waals surface area contributed by atoms with Crippen molar-refractivity contribution < 1.29 is 4.74 Å². The van der Waals surface area contributed by atoms with Crippen molar-refractivity contribution in [2.75, 3.05) is 24.6 Å². The Hall–Kier alpha value is -1.39. The number of fused-ring (bicyclic) bond motifs is 1. The van der Waals surface area contributed by atoms with Crippen LogP contribution in [0.5, 0.6) is 0 Å². The number of morpholine rings is 1. The smallest absolute Gasteiger partial charge is 0.185 e. The van der Waals surface area contributed by atoms with Gasteiger partial charge < -0.3 is 9.64 Å². The average Bonchev–Trinajstić information content (AvgIpc) is 3.00. The first-order chi connectivity index (χ1) is 10.9. The summed E-state index contributed by atoms with van der Waals surface area (Å²) in [6.45, 7) is 2.74. The minimum atomic E-state index is 0.275. The second kappa shape index (κ2) is 6.39. The van der Waals surface area contributed by atoms with Gasteiger partial charge in [0.1, 0.15) is 0 Å². The minimum Gasteiger partial charge on any atom is -0.374 e. The van der Waals surface area contributed by atoms with E-state index in [1.807, 2.05) is 11.3 Å². The summed E-state index contributed by atoms with van der Waals surface area (Å²) in [7, 11) is 0. The van der Waals surface area contributed by atoms with Gasteiger partial charge in [-0.2, -0.15) is 0 Å². The van der Waals surface area contributed by atoms with E-state index in [0.29, 0.717) is 0 Å². The normalized spacial score (nSPS) is 21.6. The molecule has 0 bridgehead atoms. The first-order valence-corrected chi connectivity index (χ1v) is 9.09. The number of aromatic nitrogens is 1. The predicted octanol–water partition coefficient (Wildman–Crippen LogP) is 3.47. The maximum atomic E-state index is 5.97. The Labute approximate surface area is 135 Å². The molecule has 1 aromatic heterocycles. The molecule has 1 aromatic carbocycles. The Balaban J connectivity index is 1.45. The number of ether oxygens (including phenoxy) is 1. The van der Waals surface area contributed by atoms with Gasteiger partial charge >= 0.3 is 0 Å². The van der Waals surface area contributed by atoms with Gasteiger partial charge in [-0.15, -0.1) is 11.3 Å². The topological polar surface area (TPSA) is 25.4 Å². The standard InChI is InChI=1S/C18H22N2OS/c1-2-6-14(7-3-1)12-15-13-20(10-11-21-15)18-19-16-8-4-5-9-17(16)22-18/h1-3,6-7,15H,4-5,8-13H2. The molecule has 0 N–H and O–H groups in total. The lowest BCUT2D eigenvalue weighted by Gasteiger charge is -2.32. The van der Waals surface area contributed by atoms with Gasteiger partial charge in [0.05, 0.1) is 18.4 Å². The lowest BCUT2D eigenvalue weighted by Crippen LogP contribution is -2.43. The van der Waals surface area contributed by atoms with Gasteiger partial charge in [0.15, 0.2) is 5.13 Å². The molecule has 2 heterocycles. The summed E-state index contributed by atoms with van der Waals surface area (Å²) in [5, 5.41) is 1.22. The molecule has 22 heavy (non-hydrogen) atoms. The van der Waals surface area contributed by atoms with Crippen LogP contribution in [0.25, 0.3) is 0 Å². The maximum absolute atomic E-state index is 5.97. The number of benzene rings is 1. The molecule has 3 nitrogen and oxygen atoms in total. The fourth-order valence-corrected chi connectivity index (χ4v) is 4.55. The van der Waals surface area contributed by atoms with Gasteiger partial charge in [0.2, 0.25) is 0 Å². The molecule has 116 valence electrons. The molecule has 2 aliphatic rings. The van der Waals surface area contributed by atoms with Crippen LogP contribution in [-0.2, 0) is 24.0 Å². The highest BCUT2D eigenvalue weighted by molar-refractivity contribution is 7.15. The Morgan fingerprint density at radius 3 is 2.91 bits per heavy atom. The fourth-order valence-electron chi connectivity index (χ4n) is 3.37. The zero-order chi connectivity index (χ0) is 14.8. The molecule has 4 heteroatoms. The monoisotopic (exact) mass is 314 g/mol. The summed E-state index contributed by atoms with van der Waals surface area (Å²) in [6, 6.07) is 10.6. The number of aryl methyl sites for hydroxylation is 2. The lowest BCUT2D eigenvalue weighted by molar-refractivity contribution is 0.0410. The zero-order valence-electron chi connectivity index (χ0n) is 12.8. The molecular formula is C18H22N2OS. The van der Waals surface area contributed by atoms with E-state index in [4.69, 9.17) is 9.72 Å². The van der Waals surface area contributed by atoms with Crippen molar-refractivity contribution in [1.29, 1.82) is 0 Å². The quantitative estimate of drug-likeness (QED) is 0.867. The highest BCUT2D eigenvalue weighted by Crippen LogP contribution is 2.32. The largest absolute Gasteiger partial charge is 0.374 e. The minimum absolute atomic E-state index is 0.275. The molecule has 4 rings (SSSR count). The number of hydrogen-bond acceptors (Lipinski definition) is 4. The summed E-state index contributed by atoms with van der Waals surface area (Å²) < 4.78 is 5.97. The summed E-state index contributed by atoms with van der Waals surface area (Å²) in [5.74, 6) is 0. The van der Waals surface area contributed by atoms with Crippen LogP contribution < -0.4 is 4.90 Å². The van der Waals surface area contributed by atoms with Crippen molar-refractivity contribution >= 4 is 16.5 Å². The molecule has 2 aromatic rings. The first kappa shape index (κ1) is 14.2. The highest BCUT2D eigenvalue weighted by Gasteiger charge is 2.25. The van der Waals surface area contributed by atoms with Gasteiger partial charge in [0.25, 0.3) is 0 Å². The van der Waals surface area contributed by atoms with Crippen molar-refractivity contribution in [2.45, 2.75) is 38.2 Å². The Kier molecular flexibility index (Phi) is 4.13. The Bertz CT molecular complexity index is 602. The third-order valence-corrected chi connectivity index (χ3v) is 5.77. The third-order valence-electron chi connectivity index (χ3n) is 4.55. The van der Waals surface area contributed by atoms with Crippen LogP contribution in [-0.4, -0.2) is 30.8 Å². The summed E-state index contributed by atoms with van der Waals surface area (Å²) in [5.41, 5.74) is 2.71. The van der Waals surface area contributed by atoms with Gasteiger partial charge in [0, 0.05) is 24.4 Å². The van der Waals surface area contributed by atoms with Crippen LogP contribution in [0, 0.1) is 0 Å². The summed E-state index contributed by atoms with van der Waals surface area (Å²) in [6.07, 6.45) is 6.29. The van der Waals surface area contributed by atoms with Gasteiger partial charge in [-0.25, -0.2) is 4.98 Å². The van der Waals surface area contributed by atoms with Crippen LogP contribution in [0.3, 0.4) is 0 Å². The molecule has 1 aliphatic carbocycles. The first-order valence-electron chi connectivity index (χ1n) is 8.27. The van der Waals surface area contributed by atoms with E-state index in [2.05, 4.69) is 35.2 Å². The SMILES string of the molecule is c1ccc(CC2CN(c3nc4c(s3)CCCC4)CCO2)cc1. The van der Waals surface area contributed by atoms with Gasteiger partial charge in [-0.05, 0) is 31.2 Å². The second-order valence-electron chi connectivity index (χ2n) is 6.20. The molecule has 1 saturated heterocycles. The van der Waals surface area contributed by atoms with E-state index in [0.717, 1.165) is 26.1 Å². The van der Waals surface area contributed by atoms with E-state index < -0.39 is 0 Å². The van der Waals surface area contributed by atoms with Crippen molar-refractivity contribution in [3.63, 3.8) is 0 Å². The van der Waals surface area contributed by atoms with Crippen LogP contribution in [0.4, 0.5) is 5.13 Å².